The summed E-state index contributed by atoms with van der Waals surface area (Å²) in [7, 11) is 0. The van der Waals surface area contributed by atoms with Gasteiger partial charge in [0.1, 0.15) is 5.17 Å². The van der Waals surface area contributed by atoms with Crippen LogP contribution in [0.5, 0.6) is 0 Å². The van der Waals surface area contributed by atoms with Gasteiger partial charge in [-0.3, -0.25) is 10.4 Å². The van der Waals surface area contributed by atoms with Crippen molar-refractivity contribution in [2.75, 3.05) is 19.7 Å². The van der Waals surface area contributed by atoms with E-state index in [0.717, 1.165) is 43.8 Å². The summed E-state index contributed by atoms with van der Waals surface area (Å²) in [6.07, 6.45) is 14.9. The Labute approximate surface area is 201 Å². The molecule has 32 heavy (non-hydrogen) atoms. The van der Waals surface area contributed by atoms with Gasteiger partial charge in [0.05, 0.1) is 12.7 Å². The summed E-state index contributed by atoms with van der Waals surface area (Å²) in [5.74, 6) is 0.955. The molecule has 0 radical (unpaired) electrons. The zero-order valence-corrected chi connectivity index (χ0v) is 21.6. The van der Waals surface area contributed by atoms with Crippen LogP contribution >= 0.6 is 11.6 Å². The molecule has 1 aliphatic heterocycles. The summed E-state index contributed by atoms with van der Waals surface area (Å²) in [6.45, 7) is 10.5. The number of aromatic nitrogens is 1. The monoisotopic (exact) mass is 469 g/mol. The van der Waals surface area contributed by atoms with Crippen LogP contribution in [0.4, 0.5) is 0 Å². The molecule has 0 amide bonds. The molecule has 1 fully saturated rings. The van der Waals surface area contributed by atoms with Crippen molar-refractivity contribution in [3.63, 3.8) is 0 Å². The molecule has 5 nitrogen and oxygen atoms in total. The lowest BCUT2D eigenvalue weighted by molar-refractivity contribution is 0.0923. The molecule has 0 saturated carbocycles. The van der Waals surface area contributed by atoms with E-state index in [1.54, 1.807) is 6.20 Å². The topological polar surface area (TPSA) is 89.2 Å². The standard InChI is InChI=1S/C12H16ClN3.C10H22.C4H10O2/c13-11(14)12(3-6-15-7-4-12)8-10-2-1-5-16-9-10;1-4-6-7-8-9-10(3)5-2;1-2-4(6)3-5/h1-2,5,9,14-15H,3-4,6-8H2;10H,4-9H2,1-3H3;4-6H,2-3H2,1H3. The first-order valence-electron chi connectivity index (χ1n) is 12.5. The van der Waals surface area contributed by atoms with Gasteiger partial charge in [-0.25, -0.2) is 0 Å². The van der Waals surface area contributed by atoms with Crippen molar-refractivity contribution < 1.29 is 10.2 Å². The molecule has 2 unspecified atom stereocenters. The lowest BCUT2D eigenvalue weighted by atomic mass is 9.75. The molecule has 4 N–H and O–H groups in total. The molecule has 0 aromatic carbocycles. The van der Waals surface area contributed by atoms with Crippen LogP contribution in [0.15, 0.2) is 24.5 Å². The molecule has 1 aliphatic rings. The largest absolute Gasteiger partial charge is 0.394 e. The van der Waals surface area contributed by atoms with Crippen molar-refractivity contribution in [2.45, 2.75) is 98.0 Å². The van der Waals surface area contributed by atoms with E-state index >= 15 is 0 Å². The van der Waals surface area contributed by atoms with Crippen LogP contribution in [-0.2, 0) is 6.42 Å². The normalized spacial score (nSPS) is 16.6. The predicted molar refractivity (Wildman–Crippen MR) is 138 cm³/mol. The average molecular weight is 470 g/mol. The Morgan fingerprint density at radius 3 is 2.31 bits per heavy atom. The fourth-order valence-corrected chi connectivity index (χ4v) is 3.78. The molecule has 0 spiro atoms. The maximum absolute atomic E-state index is 8.42. The van der Waals surface area contributed by atoms with Gasteiger partial charge in [0.2, 0.25) is 0 Å². The third-order valence-corrected chi connectivity index (χ3v) is 6.62. The van der Waals surface area contributed by atoms with Crippen molar-refractivity contribution in [2.24, 2.45) is 11.3 Å². The minimum atomic E-state index is -0.509. The van der Waals surface area contributed by atoms with Gasteiger partial charge in [-0.15, -0.1) is 0 Å². The summed E-state index contributed by atoms with van der Waals surface area (Å²) < 4.78 is 0. The summed E-state index contributed by atoms with van der Waals surface area (Å²) >= 11 is 6.00. The molecular formula is C26H48ClN3O2. The van der Waals surface area contributed by atoms with Crippen LogP contribution in [0.2, 0.25) is 0 Å². The third kappa shape index (κ3) is 14.2. The molecule has 186 valence electrons. The fraction of sp³-hybridized carbons (Fsp3) is 0.769. The lowest BCUT2D eigenvalue weighted by Crippen LogP contribution is -2.41. The number of pyridine rings is 1. The van der Waals surface area contributed by atoms with Crippen LogP contribution in [-0.4, -0.2) is 46.2 Å². The van der Waals surface area contributed by atoms with Crippen LogP contribution in [0.3, 0.4) is 0 Å². The van der Waals surface area contributed by atoms with E-state index in [0.29, 0.717) is 6.42 Å². The highest BCUT2D eigenvalue weighted by molar-refractivity contribution is 6.65. The van der Waals surface area contributed by atoms with Crippen molar-refractivity contribution >= 4 is 16.8 Å². The first kappa shape index (κ1) is 31.0. The van der Waals surface area contributed by atoms with Gasteiger partial charge < -0.3 is 15.5 Å². The molecular weight excluding hydrogens is 422 g/mol. The molecule has 1 aromatic rings. The van der Waals surface area contributed by atoms with Crippen LogP contribution in [0, 0.1) is 16.7 Å². The molecule has 2 heterocycles. The van der Waals surface area contributed by atoms with Crippen LogP contribution in [0.1, 0.15) is 91.0 Å². The number of hydrogen-bond donors (Lipinski definition) is 4. The smallest absolute Gasteiger partial charge is 0.104 e. The summed E-state index contributed by atoms with van der Waals surface area (Å²) in [4.78, 5) is 4.11. The molecule has 0 aliphatic carbocycles. The highest BCUT2D eigenvalue weighted by Crippen LogP contribution is 2.35. The van der Waals surface area contributed by atoms with E-state index in [9.17, 15) is 0 Å². The summed E-state index contributed by atoms with van der Waals surface area (Å²) in [5, 5.41) is 27.9. The number of piperidine rings is 1. The molecule has 1 aromatic heterocycles. The molecule has 1 saturated heterocycles. The molecule has 6 heteroatoms. The van der Waals surface area contributed by atoms with Gasteiger partial charge in [-0.1, -0.05) is 83.9 Å². The van der Waals surface area contributed by atoms with E-state index in [2.05, 4.69) is 37.1 Å². The van der Waals surface area contributed by atoms with Crippen molar-refractivity contribution in [3.8, 4) is 0 Å². The molecule has 2 atom stereocenters. The van der Waals surface area contributed by atoms with Crippen molar-refractivity contribution in [3.05, 3.63) is 30.1 Å². The third-order valence-electron chi connectivity index (χ3n) is 6.22. The Kier molecular flexibility index (Phi) is 18.8. The number of aliphatic hydroxyl groups excluding tert-OH is 2. The average Bonchev–Trinajstić information content (AvgIpc) is 2.83. The quantitative estimate of drug-likeness (QED) is 0.237. The number of unbranched alkanes of at least 4 members (excludes halogenated alkanes) is 3. The van der Waals surface area contributed by atoms with E-state index in [1.807, 2.05) is 19.2 Å². The van der Waals surface area contributed by atoms with Gasteiger partial charge in [0.25, 0.3) is 0 Å². The Bertz CT molecular complexity index is 561. The van der Waals surface area contributed by atoms with Gasteiger partial charge in [-0.05, 0) is 56.3 Å². The second-order valence-corrected chi connectivity index (χ2v) is 9.37. The maximum Gasteiger partial charge on any atom is 0.104 e. The van der Waals surface area contributed by atoms with E-state index in [1.165, 1.54) is 38.5 Å². The fourth-order valence-electron chi connectivity index (χ4n) is 3.53. The number of hydrogen-bond acceptors (Lipinski definition) is 5. The number of nitrogens with zero attached hydrogens (tertiary/aromatic N) is 1. The van der Waals surface area contributed by atoms with E-state index in [4.69, 9.17) is 27.2 Å². The molecule has 0 bridgehead atoms. The first-order chi connectivity index (χ1) is 15.3. The minimum Gasteiger partial charge on any atom is -0.394 e. The van der Waals surface area contributed by atoms with Crippen LogP contribution in [0.25, 0.3) is 0 Å². The molecule has 2 rings (SSSR count). The second kappa shape index (κ2) is 19.5. The van der Waals surface area contributed by atoms with E-state index in [-0.39, 0.29) is 17.2 Å². The summed E-state index contributed by atoms with van der Waals surface area (Å²) in [6, 6.07) is 3.98. The van der Waals surface area contributed by atoms with Gasteiger partial charge in [0.15, 0.2) is 0 Å². The Morgan fingerprint density at radius 2 is 1.88 bits per heavy atom. The van der Waals surface area contributed by atoms with Gasteiger partial charge in [-0.2, -0.15) is 0 Å². The van der Waals surface area contributed by atoms with Crippen molar-refractivity contribution in [1.82, 2.24) is 10.3 Å². The number of halogens is 1. The van der Waals surface area contributed by atoms with Crippen LogP contribution < -0.4 is 5.32 Å². The number of aliphatic hydroxyl groups is 2. The Balaban J connectivity index is 0.000000516. The maximum atomic E-state index is 8.42. The van der Waals surface area contributed by atoms with Gasteiger partial charge >= 0.3 is 0 Å². The zero-order valence-electron chi connectivity index (χ0n) is 20.9. The first-order valence-corrected chi connectivity index (χ1v) is 12.9. The SMILES string of the molecule is CCC(O)CO.CCCCCCC(C)CC.N=C(Cl)C1(Cc2cccnc2)CCNCC1. The number of rotatable bonds is 11. The van der Waals surface area contributed by atoms with Gasteiger partial charge in [0, 0.05) is 17.8 Å². The highest BCUT2D eigenvalue weighted by Gasteiger charge is 2.35. The lowest BCUT2D eigenvalue weighted by Gasteiger charge is -2.36. The highest BCUT2D eigenvalue weighted by atomic mass is 35.5. The minimum absolute atomic E-state index is 0.115. The Hall–Kier alpha value is -1.01. The second-order valence-electron chi connectivity index (χ2n) is 8.99. The van der Waals surface area contributed by atoms with E-state index < -0.39 is 6.10 Å². The number of nitrogens with one attached hydrogen (secondary N) is 2. The summed E-state index contributed by atoms with van der Waals surface area (Å²) in [5.41, 5.74) is 0.991. The Morgan fingerprint density at radius 1 is 1.19 bits per heavy atom. The van der Waals surface area contributed by atoms with Crippen molar-refractivity contribution in [1.29, 1.82) is 5.41 Å². The predicted octanol–water partition coefficient (Wildman–Crippen LogP) is 5.96. The zero-order chi connectivity index (χ0) is 24.2.